The second-order valence-electron chi connectivity index (χ2n) is 9.93. The highest BCUT2D eigenvalue weighted by Gasteiger charge is 2.16. The predicted molar refractivity (Wildman–Crippen MR) is 166 cm³/mol. The zero-order valence-corrected chi connectivity index (χ0v) is 24.5. The van der Waals surface area contributed by atoms with Gasteiger partial charge in [0.1, 0.15) is 35.5 Å². The van der Waals surface area contributed by atoms with Gasteiger partial charge in [-0.05, 0) is 78.1 Å². The summed E-state index contributed by atoms with van der Waals surface area (Å²) in [6.45, 7) is 4.48. The first-order valence-electron chi connectivity index (χ1n) is 13.9. The van der Waals surface area contributed by atoms with Crippen LogP contribution in [-0.4, -0.2) is 22.7 Å². The number of carbonyl (C=O) groups is 1. The largest absolute Gasteiger partial charge is 0.489 e. The molecule has 0 bridgehead atoms. The summed E-state index contributed by atoms with van der Waals surface area (Å²) in [6, 6.07) is 32.2. The quantitative estimate of drug-likeness (QED) is 0.151. The van der Waals surface area contributed by atoms with Crippen LogP contribution in [0.25, 0.3) is 21.7 Å². The highest BCUT2D eigenvalue weighted by molar-refractivity contribution is 7.15. The number of aliphatic carboxylic acids is 1. The SMILES string of the molecule is CCCc1ccc(-c2sc(COc3ccc(OCC(=O)O)c(C)c3)nc2-c2ccc(OCc3ccccc3)cc2)cc1. The molecule has 0 fully saturated rings. The lowest BCUT2D eigenvalue weighted by Gasteiger charge is -2.09. The minimum Gasteiger partial charge on any atom is -0.489 e. The summed E-state index contributed by atoms with van der Waals surface area (Å²) in [4.78, 5) is 16.9. The van der Waals surface area contributed by atoms with Gasteiger partial charge in [-0.2, -0.15) is 0 Å². The Hall–Kier alpha value is -4.62. The van der Waals surface area contributed by atoms with Crippen LogP contribution in [0, 0.1) is 6.92 Å². The Kier molecular flexibility index (Phi) is 9.51. The van der Waals surface area contributed by atoms with E-state index in [0.717, 1.165) is 56.4 Å². The second-order valence-corrected chi connectivity index (χ2v) is 11.0. The van der Waals surface area contributed by atoms with Gasteiger partial charge in [-0.15, -0.1) is 11.3 Å². The Morgan fingerprint density at radius 2 is 1.48 bits per heavy atom. The van der Waals surface area contributed by atoms with Gasteiger partial charge in [0.15, 0.2) is 6.61 Å². The molecular weight excluding hydrogens is 546 g/mol. The van der Waals surface area contributed by atoms with Crippen LogP contribution in [-0.2, 0) is 24.4 Å². The van der Waals surface area contributed by atoms with E-state index in [1.165, 1.54) is 5.56 Å². The molecule has 0 saturated heterocycles. The molecule has 7 heteroatoms. The molecule has 1 N–H and O–H groups in total. The number of rotatable bonds is 13. The third-order valence-corrected chi connectivity index (χ3v) is 7.74. The van der Waals surface area contributed by atoms with Crippen molar-refractivity contribution in [3.63, 3.8) is 0 Å². The van der Waals surface area contributed by atoms with E-state index < -0.39 is 5.97 Å². The molecule has 0 amide bonds. The smallest absolute Gasteiger partial charge is 0.341 e. The van der Waals surface area contributed by atoms with Gasteiger partial charge in [0.2, 0.25) is 0 Å². The summed E-state index contributed by atoms with van der Waals surface area (Å²) in [6.07, 6.45) is 2.16. The van der Waals surface area contributed by atoms with Crippen LogP contribution in [0.2, 0.25) is 0 Å². The first kappa shape index (κ1) is 28.9. The molecule has 1 aromatic heterocycles. The fraction of sp³-hybridized carbons (Fsp3) is 0.200. The number of nitrogens with zero attached hydrogens (tertiary/aromatic N) is 1. The molecule has 0 atom stereocenters. The predicted octanol–water partition coefficient (Wildman–Crippen LogP) is 8.36. The molecule has 214 valence electrons. The van der Waals surface area contributed by atoms with Crippen molar-refractivity contribution in [2.75, 3.05) is 6.61 Å². The van der Waals surface area contributed by atoms with E-state index in [9.17, 15) is 4.79 Å². The third-order valence-electron chi connectivity index (χ3n) is 6.66. The lowest BCUT2D eigenvalue weighted by atomic mass is 10.0. The topological polar surface area (TPSA) is 77.9 Å². The third kappa shape index (κ3) is 7.56. The summed E-state index contributed by atoms with van der Waals surface area (Å²) in [7, 11) is 0. The Bertz CT molecular complexity index is 1610. The molecular formula is C35H33NO5S. The van der Waals surface area contributed by atoms with Gasteiger partial charge in [-0.1, -0.05) is 67.9 Å². The number of carboxylic acid groups (broad SMARTS) is 1. The Morgan fingerprint density at radius 1 is 0.786 bits per heavy atom. The van der Waals surface area contributed by atoms with Gasteiger partial charge in [-0.25, -0.2) is 9.78 Å². The number of thiazole rings is 1. The second kappa shape index (κ2) is 13.8. The van der Waals surface area contributed by atoms with Crippen LogP contribution >= 0.6 is 11.3 Å². The van der Waals surface area contributed by atoms with Crippen LogP contribution < -0.4 is 14.2 Å². The van der Waals surface area contributed by atoms with Crippen LogP contribution in [0.1, 0.15) is 35.0 Å². The Labute approximate surface area is 250 Å². The molecule has 4 aromatic carbocycles. The maximum Gasteiger partial charge on any atom is 0.341 e. The summed E-state index contributed by atoms with van der Waals surface area (Å²) in [5.41, 5.74) is 6.28. The molecule has 0 aliphatic rings. The molecule has 0 aliphatic heterocycles. The zero-order chi connectivity index (χ0) is 29.3. The molecule has 0 unspecified atom stereocenters. The van der Waals surface area contributed by atoms with Gasteiger partial charge in [0.05, 0.1) is 10.6 Å². The van der Waals surface area contributed by atoms with Gasteiger partial charge in [0.25, 0.3) is 0 Å². The molecule has 0 aliphatic carbocycles. The lowest BCUT2D eigenvalue weighted by molar-refractivity contribution is -0.139. The Balaban J connectivity index is 1.35. The first-order chi connectivity index (χ1) is 20.5. The number of ether oxygens (including phenoxy) is 3. The highest BCUT2D eigenvalue weighted by Crippen LogP contribution is 2.38. The standard InChI is InChI=1S/C35H33NO5S/c1-3-7-25-10-12-28(13-11-25)35-34(27-14-16-29(17-15-27)39-21-26-8-5-4-6-9-26)36-32(42-35)22-40-30-18-19-31(24(2)20-30)41-23-33(37)38/h4-6,8-20H,3,7,21-23H2,1-2H3,(H,37,38). The van der Waals surface area contributed by atoms with Crippen molar-refractivity contribution in [1.82, 2.24) is 4.98 Å². The molecule has 5 rings (SSSR count). The number of aromatic nitrogens is 1. The van der Waals surface area contributed by atoms with Gasteiger partial charge in [0, 0.05) is 5.56 Å². The van der Waals surface area contributed by atoms with Crippen molar-refractivity contribution < 1.29 is 24.1 Å². The van der Waals surface area contributed by atoms with E-state index in [0.29, 0.717) is 24.7 Å². The number of aryl methyl sites for hydroxylation is 2. The van der Waals surface area contributed by atoms with Crippen LogP contribution in [0.5, 0.6) is 17.2 Å². The molecule has 1 heterocycles. The number of hydrogen-bond acceptors (Lipinski definition) is 6. The van der Waals surface area contributed by atoms with E-state index in [1.807, 2.05) is 67.6 Å². The van der Waals surface area contributed by atoms with Crippen molar-refractivity contribution in [3.05, 3.63) is 119 Å². The average Bonchev–Trinajstić information content (AvgIpc) is 3.44. The van der Waals surface area contributed by atoms with Crippen LogP contribution in [0.15, 0.2) is 97.1 Å². The molecule has 0 saturated carbocycles. The minimum absolute atomic E-state index is 0.304. The molecule has 0 radical (unpaired) electrons. The lowest BCUT2D eigenvalue weighted by Crippen LogP contribution is -2.10. The van der Waals surface area contributed by atoms with E-state index in [1.54, 1.807) is 23.5 Å². The number of benzene rings is 4. The van der Waals surface area contributed by atoms with Crippen molar-refractivity contribution in [2.45, 2.75) is 39.9 Å². The van der Waals surface area contributed by atoms with E-state index in [2.05, 4.69) is 31.2 Å². The fourth-order valence-electron chi connectivity index (χ4n) is 4.54. The van der Waals surface area contributed by atoms with Crippen molar-refractivity contribution >= 4 is 17.3 Å². The van der Waals surface area contributed by atoms with E-state index >= 15 is 0 Å². The summed E-state index contributed by atoms with van der Waals surface area (Å²) in [5, 5.41) is 9.73. The van der Waals surface area contributed by atoms with Gasteiger partial charge < -0.3 is 19.3 Å². The highest BCUT2D eigenvalue weighted by atomic mass is 32.1. The normalized spacial score (nSPS) is 10.8. The van der Waals surface area contributed by atoms with Gasteiger partial charge >= 0.3 is 5.97 Å². The maximum atomic E-state index is 10.8. The van der Waals surface area contributed by atoms with Crippen molar-refractivity contribution in [3.8, 4) is 38.9 Å². The first-order valence-corrected chi connectivity index (χ1v) is 14.7. The fourth-order valence-corrected chi connectivity index (χ4v) is 5.54. The summed E-state index contributed by atoms with van der Waals surface area (Å²) >= 11 is 1.62. The number of carboxylic acids is 1. The van der Waals surface area contributed by atoms with E-state index in [-0.39, 0.29) is 6.61 Å². The Morgan fingerprint density at radius 3 is 2.17 bits per heavy atom. The zero-order valence-electron chi connectivity index (χ0n) is 23.7. The van der Waals surface area contributed by atoms with Crippen molar-refractivity contribution in [2.24, 2.45) is 0 Å². The molecule has 5 aromatic rings. The van der Waals surface area contributed by atoms with Crippen LogP contribution in [0.3, 0.4) is 0 Å². The van der Waals surface area contributed by atoms with E-state index in [4.69, 9.17) is 24.3 Å². The average molecular weight is 580 g/mol. The maximum absolute atomic E-state index is 10.8. The summed E-state index contributed by atoms with van der Waals surface area (Å²) in [5.74, 6) is 0.973. The monoisotopic (exact) mass is 579 g/mol. The van der Waals surface area contributed by atoms with Crippen LogP contribution in [0.4, 0.5) is 0 Å². The molecule has 0 spiro atoms. The molecule has 42 heavy (non-hydrogen) atoms. The van der Waals surface area contributed by atoms with Gasteiger partial charge in [-0.3, -0.25) is 0 Å². The number of hydrogen-bond donors (Lipinski definition) is 1. The summed E-state index contributed by atoms with van der Waals surface area (Å²) < 4.78 is 17.4. The minimum atomic E-state index is -1.01. The molecule has 6 nitrogen and oxygen atoms in total. The van der Waals surface area contributed by atoms with Crippen molar-refractivity contribution in [1.29, 1.82) is 0 Å².